The van der Waals surface area contributed by atoms with Gasteiger partial charge < -0.3 is 0 Å². The molecule has 0 atom stereocenters. The number of hydrogen-bond acceptors (Lipinski definition) is 3. The van der Waals surface area contributed by atoms with Crippen molar-refractivity contribution in [3.63, 3.8) is 0 Å². The van der Waals surface area contributed by atoms with Crippen LogP contribution in [-0.4, -0.2) is 19.2 Å². The molecule has 1 rings (SSSR count). The van der Waals surface area contributed by atoms with E-state index >= 15 is 0 Å². The summed E-state index contributed by atoms with van der Waals surface area (Å²) in [6, 6.07) is 3.80. The fourth-order valence-electron chi connectivity index (χ4n) is 0.958. The molecule has 4 heteroatoms. The molecule has 0 aliphatic carbocycles. The summed E-state index contributed by atoms with van der Waals surface area (Å²) in [5, 5.41) is 0. The summed E-state index contributed by atoms with van der Waals surface area (Å²) in [6.07, 6.45) is 4.94. The van der Waals surface area contributed by atoms with E-state index in [-0.39, 0.29) is 5.75 Å². The molecule has 1 aromatic rings. The number of nitrogens with zero attached hydrogens (tertiary/aromatic N) is 1. The summed E-state index contributed by atoms with van der Waals surface area (Å²) < 4.78 is 20.4. The van der Waals surface area contributed by atoms with Gasteiger partial charge in [-0.05, 0) is 24.5 Å². The molecule has 0 aromatic carbocycles. The first kappa shape index (κ1) is 9.19. The van der Waals surface area contributed by atoms with Crippen LogP contribution in [0.5, 0.6) is 0 Å². The van der Waals surface area contributed by atoms with Crippen molar-refractivity contribution in [3.8, 4) is 0 Å². The Bertz CT molecular complexity index is 287. The fraction of sp³-hybridized carbons (Fsp3) is 0.375. The highest BCUT2D eigenvalue weighted by molar-refractivity contribution is 7.72. The molecule has 1 aromatic heterocycles. The molecule has 0 saturated heterocycles. The summed E-state index contributed by atoms with van der Waals surface area (Å²) in [5.74, 6) is 0.268. The van der Waals surface area contributed by atoms with Crippen molar-refractivity contribution in [2.24, 2.45) is 0 Å². The number of rotatable bonds is 4. The first-order valence-electron chi connectivity index (χ1n) is 3.80. The Morgan fingerprint density at radius 3 is 2.83 bits per heavy atom. The van der Waals surface area contributed by atoms with Gasteiger partial charge in [0.1, 0.15) is 10.7 Å². The third-order valence-electron chi connectivity index (χ3n) is 1.53. The molecule has 12 heavy (non-hydrogen) atoms. The minimum absolute atomic E-state index is 0.268. The van der Waals surface area contributed by atoms with Crippen molar-refractivity contribution < 1.29 is 8.42 Å². The molecule has 0 N–H and O–H groups in total. The maximum absolute atomic E-state index is 10.2. The lowest BCUT2D eigenvalue weighted by Gasteiger charge is -1.95. The van der Waals surface area contributed by atoms with Crippen LogP contribution in [0.4, 0.5) is 0 Å². The molecule has 0 radical (unpaired) electrons. The van der Waals surface area contributed by atoms with Crippen molar-refractivity contribution in [2.75, 3.05) is 5.75 Å². The highest BCUT2D eigenvalue weighted by Gasteiger charge is 1.92. The average molecular weight is 185 g/mol. The van der Waals surface area contributed by atoms with Gasteiger partial charge in [0.25, 0.3) is 0 Å². The highest BCUT2D eigenvalue weighted by atomic mass is 32.2. The van der Waals surface area contributed by atoms with Gasteiger partial charge in [-0.2, -0.15) is 0 Å². The standard InChI is InChI=1S/C8H11NO2S/c10-12(11)6-2-4-8-3-1-5-9-7-8/h1,3,5,7,12H,2,4,6H2. The molecule has 0 unspecified atom stereocenters. The molecule has 66 valence electrons. The first-order chi connectivity index (χ1) is 5.79. The zero-order valence-electron chi connectivity index (χ0n) is 6.64. The molecule has 1 heterocycles. The molecule has 0 aliphatic rings. The van der Waals surface area contributed by atoms with E-state index in [1.54, 1.807) is 12.4 Å². The number of hydrogen-bond donors (Lipinski definition) is 1. The maximum Gasteiger partial charge on any atom is 0.140 e. The van der Waals surface area contributed by atoms with E-state index in [4.69, 9.17) is 0 Å². The van der Waals surface area contributed by atoms with Gasteiger partial charge in [-0.15, -0.1) is 0 Å². The number of aromatic nitrogens is 1. The molecule has 0 saturated carbocycles. The van der Waals surface area contributed by atoms with Crippen molar-refractivity contribution in [2.45, 2.75) is 12.8 Å². The molecule has 0 spiro atoms. The molecule has 0 fully saturated rings. The van der Waals surface area contributed by atoms with E-state index in [2.05, 4.69) is 4.98 Å². The Balaban J connectivity index is 2.34. The monoisotopic (exact) mass is 185 g/mol. The third-order valence-corrected chi connectivity index (χ3v) is 2.21. The SMILES string of the molecule is O=[SH](=O)CCCc1cccnc1. The largest absolute Gasteiger partial charge is 0.264 e. The van der Waals surface area contributed by atoms with Gasteiger partial charge in [0, 0.05) is 18.1 Å². The topological polar surface area (TPSA) is 47.0 Å². The highest BCUT2D eigenvalue weighted by Crippen LogP contribution is 1.99. The van der Waals surface area contributed by atoms with Crippen LogP contribution >= 0.6 is 0 Å². The lowest BCUT2D eigenvalue weighted by molar-refractivity contribution is 0.612. The second-order valence-corrected chi connectivity index (χ2v) is 3.63. The second-order valence-electron chi connectivity index (χ2n) is 2.52. The van der Waals surface area contributed by atoms with Gasteiger partial charge >= 0.3 is 0 Å². The van der Waals surface area contributed by atoms with Gasteiger partial charge in [-0.25, -0.2) is 8.42 Å². The van der Waals surface area contributed by atoms with Crippen LogP contribution in [0.2, 0.25) is 0 Å². The van der Waals surface area contributed by atoms with E-state index < -0.39 is 10.7 Å². The summed E-state index contributed by atoms with van der Waals surface area (Å²) >= 11 is 0. The van der Waals surface area contributed by atoms with Crippen LogP contribution < -0.4 is 0 Å². The van der Waals surface area contributed by atoms with Crippen LogP contribution in [0.15, 0.2) is 24.5 Å². The van der Waals surface area contributed by atoms with E-state index in [1.165, 1.54) is 0 Å². The molecular formula is C8H11NO2S. The second kappa shape index (κ2) is 4.87. The van der Waals surface area contributed by atoms with Gasteiger partial charge in [0.2, 0.25) is 0 Å². The van der Waals surface area contributed by atoms with Gasteiger partial charge in [0.15, 0.2) is 0 Å². The van der Waals surface area contributed by atoms with E-state index in [0.717, 1.165) is 12.0 Å². The lowest BCUT2D eigenvalue weighted by Crippen LogP contribution is -1.92. The summed E-state index contributed by atoms with van der Waals surface area (Å²) in [4.78, 5) is 3.93. The van der Waals surface area contributed by atoms with Gasteiger partial charge in [-0.3, -0.25) is 4.98 Å². The average Bonchev–Trinajstić information content (AvgIpc) is 2.05. The number of thiol groups is 1. The fourth-order valence-corrected chi connectivity index (χ4v) is 1.37. The van der Waals surface area contributed by atoms with Crippen LogP contribution in [-0.2, 0) is 17.1 Å². The van der Waals surface area contributed by atoms with Crippen molar-refractivity contribution in [1.82, 2.24) is 4.98 Å². The Labute approximate surface area is 73.4 Å². The van der Waals surface area contributed by atoms with Crippen molar-refractivity contribution >= 4 is 10.7 Å². The van der Waals surface area contributed by atoms with Crippen LogP contribution in [0.1, 0.15) is 12.0 Å². The summed E-state index contributed by atoms with van der Waals surface area (Å²) in [6.45, 7) is 0. The smallest absolute Gasteiger partial charge is 0.140 e. The van der Waals surface area contributed by atoms with Crippen LogP contribution in [0, 0.1) is 0 Å². The predicted octanol–water partition coefficient (Wildman–Crippen LogP) is 0.626. The van der Waals surface area contributed by atoms with Crippen molar-refractivity contribution in [3.05, 3.63) is 30.1 Å². The van der Waals surface area contributed by atoms with Crippen molar-refractivity contribution in [1.29, 1.82) is 0 Å². The zero-order chi connectivity index (χ0) is 8.81. The number of aryl methyl sites for hydroxylation is 1. The zero-order valence-corrected chi connectivity index (χ0v) is 7.54. The molecule has 0 amide bonds. The predicted molar refractivity (Wildman–Crippen MR) is 47.7 cm³/mol. The molecular weight excluding hydrogens is 174 g/mol. The van der Waals surface area contributed by atoms with Crippen LogP contribution in [0.25, 0.3) is 0 Å². The van der Waals surface area contributed by atoms with Gasteiger partial charge in [-0.1, -0.05) is 6.07 Å². The summed E-state index contributed by atoms with van der Waals surface area (Å²) in [5.41, 5.74) is 1.09. The lowest BCUT2D eigenvalue weighted by atomic mass is 10.2. The van der Waals surface area contributed by atoms with E-state index in [9.17, 15) is 8.42 Å². The first-order valence-corrected chi connectivity index (χ1v) is 5.16. The van der Waals surface area contributed by atoms with Crippen LogP contribution in [0.3, 0.4) is 0 Å². The molecule has 0 bridgehead atoms. The minimum atomic E-state index is -2.22. The third kappa shape index (κ3) is 3.48. The Hall–Kier alpha value is -0.900. The van der Waals surface area contributed by atoms with E-state index in [0.29, 0.717) is 6.42 Å². The molecule has 0 aliphatic heterocycles. The Morgan fingerprint density at radius 2 is 2.25 bits per heavy atom. The van der Waals surface area contributed by atoms with E-state index in [1.807, 2.05) is 12.1 Å². The minimum Gasteiger partial charge on any atom is -0.264 e. The normalized spacial score (nSPS) is 10.4. The van der Waals surface area contributed by atoms with Gasteiger partial charge in [0.05, 0.1) is 0 Å². The molecule has 3 nitrogen and oxygen atoms in total. The maximum atomic E-state index is 10.2. The Kier molecular flexibility index (Phi) is 3.73. The number of pyridine rings is 1. The summed E-state index contributed by atoms with van der Waals surface area (Å²) in [7, 11) is -2.22. The Morgan fingerprint density at radius 1 is 1.42 bits per heavy atom. The quantitative estimate of drug-likeness (QED) is 0.700.